The fourth-order valence-electron chi connectivity index (χ4n) is 4.62. The van der Waals surface area contributed by atoms with Crippen molar-refractivity contribution in [3.8, 4) is 17.2 Å². The first-order valence-corrected chi connectivity index (χ1v) is 9.69. The fourth-order valence-corrected chi connectivity index (χ4v) is 4.62. The van der Waals surface area contributed by atoms with Gasteiger partial charge in [0.15, 0.2) is 11.5 Å². The molecule has 1 saturated heterocycles. The Bertz CT molecular complexity index is 782. The molecule has 27 heavy (non-hydrogen) atoms. The van der Waals surface area contributed by atoms with Crippen molar-refractivity contribution in [3.63, 3.8) is 0 Å². The van der Waals surface area contributed by atoms with Gasteiger partial charge in [0.05, 0.1) is 12.3 Å². The summed E-state index contributed by atoms with van der Waals surface area (Å²) in [7, 11) is 0. The Morgan fingerprint density at radius 2 is 2.04 bits per heavy atom. The molecule has 2 fully saturated rings. The van der Waals surface area contributed by atoms with Crippen LogP contribution in [0, 0.1) is 11.8 Å². The molecule has 3 aliphatic rings. The zero-order chi connectivity index (χ0) is 18.2. The van der Waals surface area contributed by atoms with Crippen molar-refractivity contribution in [2.45, 2.75) is 31.5 Å². The van der Waals surface area contributed by atoms with Crippen molar-refractivity contribution in [2.24, 2.45) is 11.8 Å². The summed E-state index contributed by atoms with van der Waals surface area (Å²) in [6.45, 7) is 3.44. The number of aromatic amines is 1. The van der Waals surface area contributed by atoms with Gasteiger partial charge in [0, 0.05) is 31.9 Å². The molecule has 2 aliphatic heterocycles. The minimum atomic E-state index is -0.425. The first-order valence-electron chi connectivity index (χ1n) is 9.69. The maximum Gasteiger partial charge on any atom is 0.231 e. The van der Waals surface area contributed by atoms with Crippen LogP contribution in [-0.4, -0.2) is 58.8 Å². The van der Waals surface area contributed by atoms with Crippen molar-refractivity contribution in [1.29, 1.82) is 0 Å². The molecule has 144 valence electrons. The van der Waals surface area contributed by atoms with Gasteiger partial charge in [0.2, 0.25) is 6.79 Å². The van der Waals surface area contributed by atoms with Gasteiger partial charge in [0.25, 0.3) is 0 Å². The van der Waals surface area contributed by atoms with E-state index < -0.39 is 6.10 Å². The Kier molecular flexibility index (Phi) is 4.41. The molecule has 2 aromatic rings. The quantitative estimate of drug-likeness (QED) is 0.835. The Morgan fingerprint density at radius 1 is 1.19 bits per heavy atom. The van der Waals surface area contributed by atoms with E-state index in [4.69, 9.17) is 14.2 Å². The topological polar surface area (TPSA) is 79.8 Å². The van der Waals surface area contributed by atoms with Crippen molar-refractivity contribution in [2.75, 3.05) is 26.4 Å². The number of aliphatic hydroxyl groups is 1. The summed E-state index contributed by atoms with van der Waals surface area (Å²) in [6.07, 6.45) is 5.97. The first-order chi connectivity index (χ1) is 13.2. The van der Waals surface area contributed by atoms with E-state index in [2.05, 4.69) is 15.1 Å². The van der Waals surface area contributed by atoms with Crippen LogP contribution in [0.5, 0.6) is 17.2 Å². The van der Waals surface area contributed by atoms with Crippen LogP contribution in [0.25, 0.3) is 0 Å². The summed E-state index contributed by atoms with van der Waals surface area (Å²) in [6, 6.07) is 5.61. The minimum absolute atomic E-state index is 0.166. The molecular weight excluding hydrogens is 346 g/mol. The average molecular weight is 371 g/mol. The van der Waals surface area contributed by atoms with Gasteiger partial charge in [0.1, 0.15) is 11.9 Å². The highest BCUT2D eigenvalue weighted by Crippen LogP contribution is 2.40. The number of fused-ring (bicyclic) bond motifs is 2. The molecule has 0 amide bonds. The Morgan fingerprint density at radius 3 is 2.89 bits per heavy atom. The van der Waals surface area contributed by atoms with Crippen LogP contribution >= 0.6 is 0 Å². The van der Waals surface area contributed by atoms with E-state index in [0.29, 0.717) is 17.6 Å². The van der Waals surface area contributed by atoms with Crippen LogP contribution < -0.4 is 14.2 Å². The largest absolute Gasteiger partial charge is 0.488 e. The number of hydrogen-bond acceptors (Lipinski definition) is 6. The normalized spacial score (nSPS) is 29.7. The SMILES string of the molecule is O[C@@H]1C[C@H]2CN(CCc3cn[nH]c3)C[C@H]2C[C@H]1Oc1ccc2c(c1)OCO2. The number of hydrogen-bond donors (Lipinski definition) is 2. The molecule has 7 nitrogen and oxygen atoms in total. The molecule has 5 rings (SSSR count). The molecule has 2 N–H and O–H groups in total. The van der Waals surface area contributed by atoms with E-state index in [1.54, 1.807) is 0 Å². The Hall–Kier alpha value is -2.25. The van der Waals surface area contributed by atoms with Crippen LogP contribution in [-0.2, 0) is 6.42 Å². The van der Waals surface area contributed by atoms with Gasteiger partial charge in [-0.05, 0) is 48.8 Å². The van der Waals surface area contributed by atoms with E-state index in [0.717, 1.165) is 50.4 Å². The number of aromatic nitrogens is 2. The second kappa shape index (κ2) is 7.05. The summed E-state index contributed by atoms with van der Waals surface area (Å²) in [4.78, 5) is 2.51. The van der Waals surface area contributed by atoms with Crippen LogP contribution in [0.2, 0.25) is 0 Å². The molecule has 1 saturated carbocycles. The number of rotatable bonds is 5. The molecule has 3 heterocycles. The highest BCUT2D eigenvalue weighted by atomic mass is 16.7. The molecular formula is C20H25N3O4. The van der Waals surface area contributed by atoms with Gasteiger partial charge in [-0.15, -0.1) is 0 Å². The summed E-state index contributed by atoms with van der Waals surface area (Å²) < 4.78 is 16.9. The highest BCUT2D eigenvalue weighted by Gasteiger charge is 2.42. The van der Waals surface area contributed by atoms with Gasteiger partial charge >= 0.3 is 0 Å². The monoisotopic (exact) mass is 371 g/mol. The number of likely N-dealkylation sites (tertiary alicyclic amines) is 1. The molecule has 1 aromatic heterocycles. The number of H-pyrrole nitrogens is 1. The Labute approximate surface area is 158 Å². The fraction of sp³-hybridized carbons (Fsp3) is 0.550. The number of nitrogens with zero attached hydrogens (tertiary/aromatic N) is 2. The van der Waals surface area contributed by atoms with E-state index >= 15 is 0 Å². The third-order valence-electron chi connectivity index (χ3n) is 6.06. The second-order valence-corrected chi connectivity index (χ2v) is 7.85. The zero-order valence-electron chi connectivity index (χ0n) is 15.2. The predicted molar refractivity (Wildman–Crippen MR) is 97.9 cm³/mol. The lowest BCUT2D eigenvalue weighted by Crippen LogP contribution is -2.42. The third kappa shape index (κ3) is 3.49. The maximum absolute atomic E-state index is 10.6. The minimum Gasteiger partial charge on any atom is -0.488 e. The van der Waals surface area contributed by atoms with Gasteiger partial charge < -0.3 is 24.2 Å². The van der Waals surface area contributed by atoms with E-state index in [9.17, 15) is 5.11 Å². The lowest BCUT2D eigenvalue weighted by atomic mass is 9.78. The second-order valence-electron chi connectivity index (χ2n) is 7.85. The molecule has 0 radical (unpaired) electrons. The Balaban J connectivity index is 1.19. The van der Waals surface area contributed by atoms with Crippen LogP contribution in [0.15, 0.2) is 30.6 Å². The first kappa shape index (κ1) is 16.9. The molecule has 0 spiro atoms. The number of nitrogens with one attached hydrogen (secondary N) is 1. The standard InChI is InChI=1S/C20H25N3O4/c24-17-5-14-10-23(4-3-13-8-21-22-9-13)11-15(14)6-19(17)27-16-1-2-18-20(7-16)26-12-25-18/h1-2,7-9,14-15,17,19,24H,3-6,10-12H2,(H,21,22)/t14-,15+,17+,19+/m0/s1. The van der Waals surface area contributed by atoms with Crippen molar-refractivity contribution in [1.82, 2.24) is 15.1 Å². The molecule has 0 bridgehead atoms. The molecule has 0 unspecified atom stereocenters. The highest BCUT2D eigenvalue weighted by molar-refractivity contribution is 5.47. The van der Waals surface area contributed by atoms with Crippen LogP contribution in [0.1, 0.15) is 18.4 Å². The average Bonchev–Trinajstić information content (AvgIpc) is 3.40. The summed E-state index contributed by atoms with van der Waals surface area (Å²) in [5, 5.41) is 17.5. The molecule has 4 atom stereocenters. The molecule has 1 aliphatic carbocycles. The summed E-state index contributed by atoms with van der Waals surface area (Å²) in [5.74, 6) is 3.33. The summed E-state index contributed by atoms with van der Waals surface area (Å²) in [5.41, 5.74) is 1.24. The lowest BCUT2D eigenvalue weighted by Gasteiger charge is -2.35. The smallest absolute Gasteiger partial charge is 0.231 e. The van der Waals surface area contributed by atoms with Gasteiger partial charge in [-0.3, -0.25) is 5.10 Å². The lowest BCUT2D eigenvalue weighted by molar-refractivity contribution is -0.0232. The van der Waals surface area contributed by atoms with E-state index in [1.807, 2.05) is 30.6 Å². The predicted octanol–water partition coefficient (Wildman–Crippen LogP) is 1.83. The van der Waals surface area contributed by atoms with Gasteiger partial charge in [-0.2, -0.15) is 5.10 Å². The van der Waals surface area contributed by atoms with Crippen LogP contribution in [0.4, 0.5) is 0 Å². The van der Waals surface area contributed by atoms with E-state index in [1.165, 1.54) is 5.56 Å². The van der Waals surface area contributed by atoms with Gasteiger partial charge in [-0.1, -0.05) is 0 Å². The van der Waals surface area contributed by atoms with Gasteiger partial charge in [-0.25, -0.2) is 0 Å². The summed E-state index contributed by atoms with van der Waals surface area (Å²) >= 11 is 0. The molecule has 7 heteroatoms. The van der Waals surface area contributed by atoms with Crippen molar-refractivity contribution < 1.29 is 19.3 Å². The maximum atomic E-state index is 10.6. The zero-order valence-corrected chi connectivity index (χ0v) is 15.2. The molecule has 1 aromatic carbocycles. The van der Waals surface area contributed by atoms with E-state index in [-0.39, 0.29) is 12.9 Å². The number of ether oxygens (including phenoxy) is 3. The van der Waals surface area contributed by atoms with Crippen molar-refractivity contribution >= 4 is 0 Å². The van der Waals surface area contributed by atoms with Crippen LogP contribution in [0.3, 0.4) is 0 Å². The van der Waals surface area contributed by atoms with Crippen molar-refractivity contribution in [3.05, 3.63) is 36.2 Å². The number of benzene rings is 1. The third-order valence-corrected chi connectivity index (χ3v) is 6.06. The number of aliphatic hydroxyl groups excluding tert-OH is 1.